The van der Waals surface area contributed by atoms with Crippen molar-refractivity contribution < 1.29 is 9.53 Å². The highest BCUT2D eigenvalue weighted by atomic mass is 16.5. The molecule has 0 aliphatic carbocycles. The first-order chi connectivity index (χ1) is 9.31. The van der Waals surface area contributed by atoms with E-state index >= 15 is 0 Å². The van der Waals surface area contributed by atoms with Crippen molar-refractivity contribution in [1.29, 1.82) is 0 Å². The molecule has 0 spiro atoms. The van der Waals surface area contributed by atoms with Gasteiger partial charge >= 0.3 is 5.97 Å². The molecule has 20 heavy (non-hydrogen) atoms. The van der Waals surface area contributed by atoms with E-state index in [1.807, 2.05) is 6.92 Å². The molecular weight excluding hydrogens is 248 g/mol. The molecule has 0 saturated heterocycles. The van der Waals surface area contributed by atoms with Gasteiger partial charge in [-0.2, -0.15) is 0 Å². The lowest BCUT2D eigenvalue weighted by Gasteiger charge is -2.18. The number of rotatable bonds is 9. The molecule has 112 valence electrons. The minimum atomic E-state index is -0.461. The molecule has 0 heterocycles. The lowest BCUT2D eigenvalue weighted by Crippen LogP contribution is -2.09. The molecule has 2 heteroatoms. The van der Waals surface area contributed by atoms with Gasteiger partial charge in [0.1, 0.15) is 5.76 Å². The zero-order chi connectivity index (χ0) is 15.7. The van der Waals surface area contributed by atoms with Crippen molar-refractivity contribution in [2.24, 2.45) is 11.8 Å². The van der Waals surface area contributed by atoms with Crippen LogP contribution in [0.5, 0.6) is 0 Å². The van der Waals surface area contributed by atoms with E-state index in [0.29, 0.717) is 11.7 Å². The first kappa shape index (κ1) is 18.4. The predicted octanol–water partition coefficient (Wildman–Crippen LogP) is 5.19. The number of carbonyl (C=O) groups is 1. The average Bonchev–Trinajstić information content (AvgIpc) is 2.42. The maximum Gasteiger partial charge on any atom is 0.335 e. The molecule has 0 aromatic heterocycles. The Morgan fingerprint density at radius 3 is 2.25 bits per heavy atom. The summed E-state index contributed by atoms with van der Waals surface area (Å²) in [6, 6.07) is 0. The normalized spacial score (nSPS) is 12.9. The van der Waals surface area contributed by atoms with Crippen LogP contribution in [0.15, 0.2) is 48.8 Å². The van der Waals surface area contributed by atoms with Crippen molar-refractivity contribution in [3.05, 3.63) is 48.8 Å². The predicted molar refractivity (Wildman–Crippen MR) is 86.2 cm³/mol. The van der Waals surface area contributed by atoms with Crippen LogP contribution in [0.3, 0.4) is 0 Å². The fraction of sp³-hybridized carbons (Fsp3) is 0.500. The van der Waals surface area contributed by atoms with E-state index in [9.17, 15) is 4.79 Å². The molecule has 0 bridgehead atoms. The van der Waals surface area contributed by atoms with E-state index in [4.69, 9.17) is 4.74 Å². The second-order valence-corrected chi connectivity index (χ2v) is 5.54. The Kier molecular flexibility index (Phi) is 8.62. The van der Waals surface area contributed by atoms with Gasteiger partial charge in [0.05, 0.1) is 0 Å². The summed E-state index contributed by atoms with van der Waals surface area (Å²) >= 11 is 0. The third kappa shape index (κ3) is 7.13. The van der Waals surface area contributed by atoms with Gasteiger partial charge in [-0.3, -0.25) is 0 Å². The van der Waals surface area contributed by atoms with E-state index in [1.54, 1.807) is 6.08 Å². The zero-order valence-corrected chi connectivity index (χ0v) is 13.4. The van der Waals surface area contributed by atoms with E-state index in [0.717, 1.165) is 36.5 Å². The lowest BCUT2D eigenvalue weighted by molar-refractivity contribution is -0.133. The molecule has 0 aromatic carbocycles. The Bertz CT molecular complexity index is 400. The highest BCUT2D eigenvalue weighted by molar-refractivity contribution is 5.82. The summed E-state index contributed by atoms with van der Waals surface area (Å²) in [5.74, 6) is 0.973. The molecule has 2 nitrogen and oxygen atoms in total. The van der Waals surface area contributed by atoms with Crippen molar-refractivity contribution in [1.82, 2.24) is 0 Å². The van der Waals surface area contributed by atoms with Crippen molar-refractivity contribution >= 4 is 5.97 Å². The fourth-order valence-corrected chi connectivity index (χ4v) is 1.63. The Labute approximate surface area is 123 Å². The highest BCUT2D eigenvalue weighted by Gasteiger charge is 2.15. The number of allylic oxidation sites excluding steroid dienone is 3. The molecular formula is C18H28O2. The Hall–Kier alpha value is -1.57. The quantitative estimate of drug-likeness (QED) is 0.250. The average molecular weight is 276 g/mol. The third-order valence-electron chi connectivity index (χ3n) is 3.25. The van der Waals surface area contributed by atoms with Crippen LogP contribution in [-0.2, 0) is 9.53 Å². The van der Waals surface area contributed by atoms with Gasteiger partial charge in [-0.15, -0.1) is 0 Å². The standard InChI is InChI=1S/C18H28O2/c1-8-14(5)12-17(20-18(19)9-2)16(7)15(6)11-10-13(3)4/h9,12-13,15H,2,5,7-8,10-11H2,1,3-4,6H3/b17-12+. The van der Waals surface area contributed by atoms with Gasteiger partial charge < -0.3 is 4.74 Å². The number of ether oxygens (including phenoxy) is 1. The fourth-order valence-electron chi connectivity index (χ4n) is 1.63. The Balaban J connectivity index is 4.96. The SMILES string of the molecule is C=CC(=O)O/C(=C/C(=C)CC)C(=C)C(C)CCC(C)C. The van der Waals surface area contributed by atoms with Crippen LogP contribution >= 0.6 is 0 Å². The monoisotopic (exact) mass is 276 g/mol. The van der Waals surface area contributed by atoms with Gasteiger partial charge in [-0.1, -0.05) is 59.4 Å². The largest absolute Gasteiger partial charge is 0.423 e. The highest BCUT2D eigenvalue weighted by Crippen LogP contribution is 2.26. The van der Waals surface area contributed by atoms with E-state index < -0.39 is 5.97 Å². The molecule has 0 aromatic rings. The maximum atomic E-state index is 11.4. The molecule has 0 fully saturated rings. The molecule has 0 rings (SSSR count). The number of esters is 1. The lowest BCUT2D eigenvalue weighted by atomic mass is 9.92. The Morgan fingerprint density at radius 2 is 1.80 bits per heavy atom. The summed E-state index contributed by atoms with van der Waals surface area (Å²) in [5, 5.41) is 0. The van der Waals surface area contributed by atoms with Gasteiger partial charge in [0.2, 0.25) is 0 Å². The number of hydrogen-bond donors (Lipinski definition) is 0. The van der Waals surface area contributed by atoms with Gasteiger partial charge in [-0.25, -0.2) is 4.79 Å². The molecule has 1 unspecified atom stereocenters. The summed E-state index contributed by atoms with van der Waals surface area (Å²) < 4.78 is 5.31. The van der Waals surface area contributed by atoms with E-state index in [2.05, 4.69) is 40.5 Å². The zero-order valence-electron chi connectivity index (χ0n) is 13.4. The van der Waals surface area contributed by atoms with Crippen LogP contribution in [0.25, 0.3) is 0 Å². The minimum absolute atomic E-state index is 0.269. The molecule has 0 saturated carbocycles. The second-order valence-electron chi connectivity index (χ2n) is 5.54. The molecule has 0 aliphatic heterocycles. The molecule has 0 amide bonds. The molecule has 0 radical (unpaired) electrons. The maximum absolute atomic E-state index is 11.4. The van der Waals surface area contributed by atoms with Crippen LogP contribution in [0.4, 0.5) is 0 Å². The summed E-state index contributed by atoms with van der Waals surface area (Å²) in [4.78, 5) is 11.4. The first-order valence-electron chi connectivity index (χ1n) is 7.24. The van der Waals surface area contributed by atoms with E-state index in [1.165, 1.54) is 0 Å². The van der Waals surface area contributed by atoms with Crippen LogP contribution < -0.4 is 0 Å². The summed E-state index contributed by atoms with van der Waals surface area (Å²) in [6.07, 6.45) is 5.92. The van der Waals surface area contributed by atoms with Crippen molar-refractivity contribution in [3.63, 3.8) is 0 Å². The van der Waals surface area contributed by atoms with Gasteiger partial charge in [0, 0.05) is 6.08 Å². The van der Waals surface area contributed by atoms with Crippen molar-refractivity contribution in [3.8, 4) is 0 Å². The topological polar surface area (TPSA) is 26.3 Å². The van der Waals surface area contributed by atoms with Gasteiger partial charge in [-0.05, 0) is 36.3 Å². The van der Waals surface area contributed by atoms with Gasteiger partial charge in [0.25, 0.3) is 0 Å². The number of hydrogen-bond acceptors (Lipinski definition) is 2. The van der Waals surface area contributed by atoms with Gasteiger partial charge in [0.15, 0.2) is 0 Å². The summed E-state index contributed by atoms with van der Waals surface area (Å²) in [7, 11) is 0. The van der Waals surface area contributed by atoms with Crippen molar-refractivity contribution in [2.75, 3.05) is 0 Å². The Morgan fingerprint density at radius 1 is 1.20 bits per heavy atom. The smallest absolute Gasteiger partial charge is 0.335 e. The molecule has 0 N–H and O–H groups in total. The molecule has 1 atom stereocenters. The van der Waals surface area contributed by atoms with Crippen molar-refractivity contribution in [2.45, 2.75) is 47.0 Å². The minimum Gasteiger partial charge on any atom is -0.423 e. The van der Waals surface area contributed by atoms with Crippen LogP contribution in [-0.4, -0.2) is 5.97 Å². The van der Waals surface area contributed by atoms with Crippen LogP contribution in [0, 0.1) is 11.8 Å². The third-order valence-corrected chi connectivity index (χ3v) is 3.25. The summed E-state index contributed by atoms with van der Waals surface area (Å²) in [5.41, 5.74) is 1.75. The number of carbonyl (C=O) groups excluding carboxylic acids is 1. The molecule has 0 aliphatic rings. The summed E-state index contributed by atoms with van der Waals surface area (Å²) in [6.45, 7) is 19.9. The van der Waals surface area contributed by atoms with E-state index in [-0.39, 0.29) is 5.92 Å². The van der Waals surface area contributed by atoms with Crippen LogP contribution in [0.2, 0.25) is 0 Å². The van der Waals surface area contributed by atoms with Crippen LogP contribution in [0.1, 0.15) is 47.0 Å². The first-order valence-corrected chi connectivity index (χ1v) is 7.24. The second kappa shape index (κ2) is 9.35.